The Bertz CT molecular complexity index is 854. The van der Waals surface area contributed by atoms with E-state index in [0.717, 1.165) is 9.47 Å². The van der Waals surface area contributed by atoms with E-state index in [1.165, 1.54) is 28.7 Å². The zero-order valence-corrected chi connectivity index (χ0v) is 15.9. The first-order valence-electron chi connectivity index (χ1n) is 7.69. The summed E-state index contributed by atoms with van der Waals surface area (Å²) in [7, 11) is 0. The Kier molecular flexibility index (Phi) is 6.07. The number of carbonyl (C=O) groups is 1. The van der Waals surface area contributed by atoms with E-state index >= 15 is 0 Å². The van der Waals surface area contributed by atoms with E-state index in [-0.39, 0.29) is 11.0 Å². The molecule has 0 aliphatic rings. The minimum absolute atomic E-state index is 0.0292. The Morgan fingerprint density at radius 2 is 2.00 bits per heavy atom. The van der Waals surface area contributed by atoms with E-state index in [0.29, 0.717) is 17.1 Å². The van der Waals surface area contributed by atoms with Crippen LogP contribution in [0.1, 0.15) is 22.8 Å². The van der Waals surface area contributed by atoms with Gasteiger partial charge in [0.1, 0.15) is 0 Å². The summed E-state index contributed by atoms with van der Waals surface area (Å²) >= 11 is 8.81. The van der Waals surface area contributed by atoms with Crippen molar-refractivity contribution < 1.29 is 4.79 Å². The summed E-state index contributed by atoms with van der Waals surface area (Å²) < 4.78 is 0.762. The zero-order valence-electron chi connectivity index (χ0n) is 13.5. The first-order chi connectivity index (χ1) is 12.1. The van der Waals surface area contributed by atoms with Gasteiger partial charge in [-0.2, -0.15) is 0 Å². The summed E-state index contributed by atoms with van der Waals surface area (Å²) in [6.07, 6.45) is 0. The highest BCUT2D eigenvalue weighted by atomic mass is 35.5. The molecule has 0 radical (unpaired) electrons. The molecule has 4 nitrogen and oxygen atoms in total. The molecule has 1 atom stereocenters. The Morgan fingerprint density at radius 1 is 1.20 bits per heavy atom. The fourth-order valence-corrected chi connectivity index (χ4v) is 4.34. The van der Waals surface area contributed by atoms with Crippen molar-refractivity contribution in [2.45, 2.75) is 23.1 Å². The van der Waals surface area contributed by atoms with Crippen LogP contribution in [0.15, 0.2) is 58.9 Å². The van der Waals surface area contributed by atoms with Crippen LogP contribution in [-0.2, 0) is 6.54 Å². The van der Waals surface area contributed by atoms with Crippen molar-refractivity contribution in [3.63, 3.8) is 0 Å². The summed E-state index contributed by atoms with van der Waals surface area (Å²) in [5.41, 5.74) is 1.79. The Hall–Kier alpha value is -1.89. The fraction of sp³-hybridized carbons (Fsp3) is 0.167. The van der Waals surface area contributed by atoms with Crippen LogP contribution in [0.5, 0.6) is 0 Å². The molecule has 2 aromatic carbocycles. The van der Waals surface area contributed by atoms with E-state index in [4.69, 9.17) is 11.6 Å². The Balaban J connectivity index is 1.58. The SMILES string of the molecule is CC(Sc1nnc(NCc2ccccc2)s1)C(=O)c1cccc(Cl)c1. The van der Waals surface area contributed by atoms with Gasteiger partial charge in [0, 0.05) is 17.1 Å². The van der Waals surface area contributed by atoms with Gasteiger partial charge in [0.2, 0.25) is 5.13 Å². The summed E-state index contributed by atoms with van der Waals surface area (Å²) in [5.74, 6) is 0.0292. The normalized spacial score (nSPS) is 11.9. The van der Waals surface area contributed by atoms with Gasteiger partial charge < -0.3 is 5.32 Å². The zero-order chi connectivity index (χ0) is 17.6. The van der Waals surface area contributed by atoms with Crippen LogP contribution in [-0.4, -0.2) is 21.2 Å². The molecule has 0 spiro atoms. The number of nitrogens with one attached hydrogen (secondary N) is 1. The van der Waals surface area contributed by atoms with Crippen molar-refractivity contribution in [3.05, 3.63) is 70.7 Å². The third-order valence-electron chi connectivity index (χ3n) is 3.45. The molecule has 0 bridgehead atoms. The Labute approximate surface area is 159 Å². The molecular weight excluding hydrogens is 374 g/mol. The maximum Gasteiger partial charge on any atom is 0.206 e. The lowest BCUT2D eigenvalue weighted by molar-refractivity contribution is 0.0994. The number of hydrogen-bond donors (Lipinski definition) is 1. The van der Waals surface area contributed by atoms with Gasteiger partial charge in [0.15, 0.2) is 10.1 Å². The maximum absolute atomic E-state index is 12.5. The number of aromatic nitrogens is 2. The predicted octanol–water partition coefficient (Wildman–Crippen LogP) is 5.17. The number of carbonyl (C=O) groups excluding carboxylic acids is 1. The number of benzene rings is 2. The standard InChI is InChI=1S/C18H16ClN3OS2/c1-12(16(23)14-8-5-9-15(19)10-14)24-18-22-21-17(25-18)20-11-13-6-3-2-4-7-13/h2-10,12H,11H2,1H3,(H,20,21). The monoisotopic (exact) mass is 389 g/mol. The third kappa shape index (κ3) is 5.04. The minimum atomic E-state index is -0.256. The van der Waals surface area contributed by atoms with Gasteiger partial charge in [-0.3, -0.25) is 4.79 Å². The number of nitrogens with zero attached hydrogens (tertiary/aromatic N) is 2. The lowest BCUT2D eigenvalue weighted by Crippen LogP contribution is -2.13. The van der Waals surface area contributed by atoms with Crippen LogP contribution in [0, 0.1) is 0 Å². The minimum Gasteiger partial charge on any atom is -0.356 e. The van der Waals surface area contributed by atoms with Crippen molar-refractivity contribution in [2.75, 3.05) is 5.32 Å². The van der Waals surface area contributed by atoms with Gasteiger partial charge in [-0.25, -0.2) is 0 Å². The van der Waals surface area contributed by atoms with E-state index < -0.39 is 0 Å². The molecule has 3 aromatic rings. The number of anilines is 1. The van der Waals surface area contributed by atoms with Crippen molar-refractivity contribution in [2.24, 2.45) is 0 Å². The summed E-state index contributed by atoms with van der Waals surface area (Å²) in [5, 5.41) is 12.6. The largest absolute Gasteiger partial charge is 0.356 e. The van der Waals surface area contributed by atoms with Crippen molar-refractivity contribution in [3.8, 4) is 0 Å². The number of halogens is 1. The molecule has 0 saturated heterocycles. The maximum atomic E-state index is 12.5. The van der Waals surface area contributed by atoms with Crippen LogP contribution < -0.4 is 5.32 Å². The molecular formula is C18H16ClN3OS2. The van der Waals surface area contributed by atoms with Crippen molar-refractivity contribution in [1.82, 2.24) is 10.2 Å². The summed E-state index contributed by atoms with van der Waals surface area (Å²) in [6, 6.07) is 17.1. The molecule has 0 saturated carbocycles. The molecule has 1 aromatic heterocycles. The molecule has 25 heavy (non-hydrogen) atoms. The lowest BCUT2D eigenvalue weighted by atomic mass is 10.1. The lowest BCUT2D eigenvalue weighted by Gasteiger charge is -2.08. The second-order valence-electron chi connectivity index (χ2n) is 5.35. The number of ketones is 1. The molecule has 0 aliphatic carbocycles. The average Bonchev–Trinajstić information content (AvgIpc) is 3.07. The molecule has 0 amide bonds. The average molecular weight is 390 g/mol. The molecule has 1 heterocycles. The number of Topliss-reactive ketones (excluding diaryl/α,β-unsaturated/α-hetero) is 1. The molecule has 128 valence electrons. The molecule has 0 fully saturated rings. The van der Waals surface area contributed by atoms with Crippen LogP contribution >= 0.6 is 34.7 Å². The second kappa shape index (κ2) is 8.47. The first-order valence-corrected chi connectivity index (χ1v) is 9.77. The van der Waals surface area contributed by atoms with E-state index in [9.17, 15) is 4.79 Å². The van der Waals surface area contributed by atoms with Gasteiger partial charge in [-0.1, -0.05) is 77.2 Å². The van der Waals surface area contributed by atoms with Gasteiger partial charge >= 0.3 is 0 Å². The topological polar surface area (TPSA) is 54.9 Å². The van der Waals surface area contributed by atoms with Crippen molar-refractivity contribution in [1.29, 1.82) is 0 Å². The van der Waals surface area contributed by atoms with E-state index in [2.05, 4.69) is 27.6 Å². The molecule has 7 heteroatoms. The molecule has 0 aliphatic heterocycles. The van der Waals surface area contributed by atoms with E-state index in [1.807, 2.05) is 25.1 Å². The number of hydrogen-bond acceptors (Lipinski definition) is 6. The van der Waals surface area contributed by atoms with Crippen LogP contribution in [0.4, 0.5) is 5.13 Å². The molecule has 1 unspecified atom stereocenters. The highest BCUT2D eigenvalue weighted by Gasteiger charge is 2.19. The number of rotatable bonds is 7. The molecule has 1 N–H and O–H groups in total. The second-order valence-corrected chi connectivity index (χ2v) is 8.35. The Morgan fingerprint density at radius 3 is 2.76 bits per heavy atom. The number of thioether (sulfide) groups is 1. The third-order valence-corrected chi connectivity index (χ3v) is 5.75. The smallest absolute Gasteiger partial charge is 0.206 e. The highest BCUT2D eigenvalue weighted by Crippen LogP contribution is 2.30. The van der Waals surface area contributed by atoms with Gasteiger partial charge in [0.05, 0.1) is 5.25 Å². The first kappa shape index (κ1) is 17.9. The molecule has 3 rings (SSSR count). The highest BCUT2D eigenvalue weighted by molar-refractivity contribution is 8.02. The summed E-state index contributed by atoms with van der Waals surface area (Å²) in [6.45, 7) is 2.56. The van der Waals surface area contributed by atoms with Crippen LogP contribution in [0.3, 0.4) is 0 Å². The van der Waals surface area contributed by atoms with Gasteiger partial charge in [0.25, 0.3) is 0 Å². The van der Waals surface area contributed by atoms with Crippen LogP contribution in [0.25, 0.3) is 0 Å². The van der Waals surface area contributed by atoms with E-state index in [1.54, 1.807) is 24.3 Å². The van der Waals surface area contributed by atoms with Gasteiger partial charge in [-0.15, -0.1) is 10.2 Å². The quantitative estimate of drug-likeness (QED) is 0.446. The fourth-order valence-electron chi connectivity index (χ4n) is 2.18. The van der Waals surface area contributed by atoms with Crippen LogP contribution in [0.2, 0.25) is 5.02 Å². The predicted molar refractivity (Wildman–Crippen MR) is 105 cm³/mol. The summed E-state index contributed by atoms with van der Waals surface area (Å²) in [4.78, 5) is 12.5. The van der Waals surface area contributed by atoms with Gasteiger partial charge in [-0.05, 0) is 24.6 Å². The van der Waals surface area contributed by atoms with Crippen molar-refractivity contribution >= 4 is 45.6 Å².